The van der Waals surface area contributed by atoms with Gasteiger partial charge in [0.2, 0.25) is 0 Å². The number of nitrogens with zero attached hydrogens (tertiary/aromatic N) is 1. The number of rotatable bonds is 2. The number of fused-ring (bicyclic) bond motifs is 1. The van der Waals surface area contributed by atoms with Gasteiger partial charge in [0.1, 0.15) is 5.75 Å². The monoisotopic (exact) mass is 260 g/mol. The number of hydrogen-bond donors (Lipinski definition) is 1. The molecule has 1 aliphatic rings. The normalized spacial score (nSPS) is 18.4. The Hall–Kier alpha value is -1.39. The Morgan fingerprint density at radius 3 is 3.17 bits per heavy atom. The van der Waals surface area contributed by atoms with Crippen molar-refractivity contribution in [1.29, 1.82) is 0 Å². The molecule has 18 heavy (non-hydrogen) atoms. The second-order valence-electron chi connectivity index (χ2n) is 4.46. The van der Waals surface area contributed by atoms with Gasteiger partial charge in [-0.2, -0.15) is 0 Å². The second kappa shape index (κ2) is 4.71. The van der Waals surface area contributed by atoms with Crippen molar-refractivity contribution in [2.45, 2.75) is 19.4 Å². The third kappa shape index (κ3) is 2.02. The molecule has 0 radical (unpaired) electrons. The highest BCUT2D eigenvalue weighted by atomic mass is 32.1. The topological polar surface area (TPSA) is 34.1 Å². The van der Waals surface area contributed by atoms with E-state index in [1.165, 1.54) is 16.1 Å². The van der Waals surface area contributed by atoms with Gasteiger partial charge in [-0.15, -0.1) is 11.3 Å². The molecule has 1 aliphatic heterocycles. The van der Waals surface area contributed by atoms with Crippen LogP contribution in [0.5, 0.6) is 5.75 Å². The van der Waals surface area contributed by atoms with Gasteiger partial charge in [-0.05, 0) is 31.0 Å². The van der Waals surface area contributed by atoms with Gasteiger partial charge in [-0.1, -0.05) is 12.1 Å². The predicted molar refractivity (Wildman–Crippen MR) is 73.4 cm³/mol. The molecule has 0 bridgehead atoms. The zero-order valence-corrected chi connectivity index (χ0v) is 11.4. The number of aryl methyl sites for hydroxylation is 1. The predicted octanol–water partition coefficient (Wildman–Crippen LogP) is 2.70. The molecule has 0 saturated heterocycles. The number of hydrogen-bond acceptors (Lipinski definition) is 4. The summed E-state index contributed by atoms with van der Waals surface area (Å²) in [6, 6.07) is 8.42. The number of methoxy groups -OCH3 is 1. The van der Waals surface area contributed by atoms with Crippen molar-refractivity contribution in [3.8, 4) is 5.75 Å². The highest BCUT2D eigenvalue weighted by molar-refractivity contribution is 7.11. The number of benzene rings is 1. The second-order valence-corrected chi connectivity index (χ2v) is 5.74. The van der Waals surface area contributed by atoms with Gasteiger partial charge in [-0.3, -0.25) is 0 Å². The maximum Gasteiger partial charge on any atom is 0.119 e. The lowest BCUT2D eigenvalue weighted by Crippen LogP contribution is -2.30. The third-order valence-electron chi connectivity index (χ3n) is 3.24. The number of nitrogens with one attached hydrogen (secondary N) is 1. The summed E-state index contributed by atoms with van der Waals surface area (Å²) in [6.45, 7) is 3.09. The van der Waals surface area contributed by atoms with Crippen molar-refractivity contribution in [3.05, 3.63) is 45.4 Å². The van der Waals surface area contributed by atoms with E-state index in [2.05, 4.69) is 29.4 Å². The highest BCUT2D eigenvalue weighted by Crippen LogP contribution is 2.32. The summed E-state index contributed by atoms with van der Waals surface area (Å²) in [5, 5.41) is 4.69. The Labute approximate surface area is 111 Å². The molecule has 0 amide bonds. The van der Waals surface area contributed by atoms with Crippen molar-refractivity contribution >= 4 is 11.3 Å². The maximum atomic E-state index is 5.29. The molecule has 0 fully saturated rings. The van der Waals surface area contributed by atoms with E-state index in [0.29, 0.717) is 0 Å². The largest absolute Gasteiger partial charge is 0.497 e. The summed E-state index contributed by atoms with van der Waals surface area (Å²) in [7, 11) is 1.70. The van der Waals surface area contributed by atoms with E-state index < -0.39 is 0 Å². The van der Waals surface area contributed by atoms with Crippen LogP contribution in [-0.2, 0) is 6.42 Å². The van der Waals surface area contributed by atoms with Crippen LogP contribution in [0.3, 0.4) is 0 Å². The van der Waals surface area contributed by atoms with Crippen molar-refractivity contribution < 1.29 is 4.74 Å². The summed E-state index contributed by atoms with van der Waals surface area (Å²) in [4.78, 5) is 6.10. The van der Waals surface area contributed by atoms with Crippen LogP contribution in [0.2, 0.25) is 0 Å². The van der Waals surface area contributed by atoms with Crippen LogP contribution in [0.1, 0.15) is 27.2 Å². The third-order valence-corrected chi connectivity index (χ3v) is 4.28. The molecule has 0 spiro atoms. The summed E-state index contributed by atoms with van der Waals surface area (Å²) < 4.78 is 5.29. The van der Waals surface area contributed by atoms with Crippen LogP contribution in [0.4, 0.5) is 0 Å². The molecule has 3 rings (SSSR count). The lowest BCUT2D eigenvalue weighted by molar-refractivity contribution is 0.413. The van der Waals surface area contributed by atoms with Gasteiger partial charge in [0.05, 0.1) is 23.9 Å². The van der Waals surface area contributed by atoms with Crippen molar-refractivity contribution in [1.82, 2.24) is 10.3 Å². The van der Waals surface area contributed by atoms with Gasteiger partial charge >= 0.3 is 0 Å². The molecule has 1 unspecified atom stereocenters. The van der Waals surface area contributed by atoms with Gasteiger partial charge in [-0.25, -0.2) is 4.98 Å². The first-order chi connectivity index (χ1) is 8.78. The lowest BCUT2D eigenvalue weighted by atomic mass is 9.99. The smallest absolute Gasteiger partial charge is 0.119 e. The Morgan fingerprint density at radius 2 is 2.33 bits per heavy atom. The quantitative estimate of drug-likeness (QED) is 0.901. The first-order valence-electron chi connectivity index (χ1n) is 6.11. The molecular weight excluding hydrogens is 244 g/mol. The van der Waals surface area contributed by atoms with Crippen LogP contribution < -0.4 is 10.1 Å². The summed E-state index contributed by atoms with van der Waals surface area (Å²) >= 11 is 1.82. The Kier molecular flexibility index (Phi) is 3.06. The minimum Gasteiger partial charge on any atom is -0.497 e. The molecule has 1 N–H and O–H groups in total. The van der Waals surface area contributed by atoms with Crippen LogP contribution >= 0.6 is 11.3 Å². The molecular formula is C14H16N2OS. The average molecular weight is 260 g/mol. The molecule has 0 saturated carbocycles. The SMILES string of the molecule is COc1cccc(C2NCCc3sc(C)nc32)c1. The molecule has 94 valence electrons. The molecule has 3 nitrogen and oxygen atoms in total. The fourth-order valence-corrected chi connectivity index (χ4v) is 3.39. The van der Waals surface area contributed by atoms with E-state index in [0.717, 1.165) is 23.7 Å². The number of ether oxygens (including phenoxy) is 1. The highest BCUT2D eigenvalue weighted by Gasteiger charge is 2.25. The molecule has 4 heteroatoms. The van der Waals surface area contributed by atoms with E-state index in [-0.39, 0.29) is 6.04 Å². The number of aromatic nitrogens is 1. The van der Waals surface area contributed by atoms with Crippen molar-refractivity contribution in [2.75, 3.05) is 13.7 Å². The molecule has 2 heterocycles. The van der Waals surface area contributed by atoms with E-state index in [1.807, 2.05) is 23.5 Å². The van der Waals surface area contributed by atoms with E-state index in [1.54, 1.807) is 7.11 Å². The van der Waals surface area contributed by atoms with Crippen molar-refractivity contribution in [3.63, 3.8) is 0 Å². The Morgan fingerprint density at radius 1 is 1.44 bits per heavy atom. The first kappa shape index (κ1) is 11.7. The summed E-state index contributed by atoms with van der Waals surface area (Å²) in [5.41, 5.74) is 2.41. The molecule has 0 aliphatic carbocycles. The summed E-state index contributed by atoms with van der Waals surface area (Å²) in [6.07, 6.45) is 1.08. The zero-order chi connectivity index (χ0) is 12.5. The van der Waals surface area contributed by atoms with Crippen LogP contribution in [-0.4, -0.2) is 18.6 Å². The zero-order valence-electron chi connectivity index (χ0n) is 10.6. The molecule has 1 aromatic heterocycles. The van der Waals surface area contributed by atoms with Gasteiger partial charge in [0.25, 0.3) is 0 Å². The first-order valence-corrected chi connectivity index (χ1v) is 6.93. The van der Waals surface area contributed by atoms with E-state index in [4.69, 9.17) is 4.74 Å². The van der Waals surface area contributed by atoms with Gasteiger partial charge in [0.15, 0.2) is 0 Å². The van der Waals surface area contributed by atoms with Crippen LogP contribution in [0.25, 0.3) is 0 Å². The van der Waals surface area contributed by atoms with Gasteiger partial charge < -0.3 is 10.1 Å². The van der Waals surface area contributed by atoms with Crippen molar-refractivity contribution in [2.24, 2.45) is 0 Å². The van der Waals surface area contributed by atoms with E-state index in [9.17, 15) is 0 Å². The minimum atomic E-state index is 0.203. The lowest BCUT2D eigenvalue weighted by Gasteiger charge is -2.23. The Bertz CT molecular complexity index is 565. The fraction of sp³-hybridized carbons (Fsp3) is 0.357. The Balaban J connectivity index is 2.02. The maximum absolute atomic E-state index is 5.29. The summed E-state index contributed by atoms with van der Waals surface area (Å²) in [5.74, 6) is 0.897. The molecule has 1 atom stereocenters. The molecule has 1 aromatic carbocycles. The molecule has 2 aromatic rings. The van der Waals surface area contributed by atoms with Crippen LogP contribution in [0.15, 0.2) is 24.3 Å². The minimum absolute atomic E-state index is 0.203. The van der Waals surface area contributed by atoms with Gasteiger partial charge in [0, 0.05) is 11.4 Å². The average Bonchev–Trinajstić information content (AvgIpc) is 2.78. The van der Waals surface area contributed by atoms with E-state index >= 15 is 0 Å². The van der Waals surface area contributed by atoms with Crippen LogP contribution in [0, 0.1) is 6.92 Å². The fourth-order valence-electron chi connectivity index (χ4n) is 2.41. The number of thiazole rings is 1. The standard InChI is InChI=1S/C14H16N2OS/c1-9-16-14-12(18-9)6-7-15-13(14)10-4-3-5-11(8-10)17-2/h3-5,8,13,15H,6-7H2,1-2H3.